The fourth-order valence-corrected chi connectivity index (χ4v) is 4.09. The molecule has 7 heteroatoms. The van der Waals surface area contributed by atoms with Crippen LogP contribution in [0.3, 0.4) is 0 Å². The Hall–Kier alpha value is -2.25. The van der Waals surface area contributed by atoms with Crippen LogP contribution in [0.5, 0.6) is 0 Å². The number of hydrogen-bond donors (Lipinski definition) is 0. The van der Waals surface area contributed by atoms with E-state index in [9.17, 15) is 14.4 Å². The Morgan fingerprint density at radius 1 is 1.22 bits per heavy atom. The molecular formula is C20H19BrN2O3S. The number of rotatable bonds is 8. The number of imide groups is 1. The number of carbonyl (C=O) groups excluding carboxylic acids is 3. The number of nitrogens with zero attached hydrogens (tertiary/aromatic N) is 2. The Morgan fingerprint density at radius 3 is 2.70 bits per heavy atom. The van der Waals surface area contributed by atoms with E-state index >= 15 is 0 Å². The second kappa shape index (κ2) is 8.63. The van der Waals surface area contributed by atoms with Gasteiger partial charge in [0.15, 0.2) is 0 Å². The maximum atomic E-state index is 12.5. The summed E-state index contributed by atoms with van der Waals surface area (Å²) < 4.78 is 0.757. The molecule has 3 rings (SSSR count). The Kier molecular flexibility index (Phi) is 6.23. The summed E-state index contributed by atoms with van der Waals surface area (Å²) in [5.74, 6) is -0.607. The first-order chi connectivity index (χ1) is 13.0. The third kappa shape index (κ3) is 4.36. The Morgan fingerprint density at radius 2 is 2.00 bits per heavy atom. The van der Waals surface area contributed by atoms with Gasteiger partial charge in [-0.15, -0.1) is 17.9 Å². The highest BCUT2D eigenvalue weighted by Crippen LogP contribution is 2.26. The van der Waals surface area contributed by atoms with E-state index in [4.69, 9.17) is 0 Å². The normalized spacial score (nSPS) is 13.0. The highest BCUT2D eigenvalue weighted by atomic mass is 79.9. The van der Waals surface area contributed by atoms with Gasteiger partial charge in [-0.1, -0.05) is 28.1 Å². The van der Waals surface area contributed by atoms with Crippen LogP contribution >= 0.6 is 27.3 Å². The fraction of sp³-hybridized carbons (Fsp3) is 0.250. The van der Waals surface area contributed by atoms with Gasteiger partial charge in [0.25, 0.3) is 11.8 Å². The number of carbonyl (C=O) groups is 3. The second-order valence-electron chi connectivity index (χ2n) is 6.20. The molecule has 2 aromatic rings. The number of halogens is 1. The summed E-state index contributed by atoms with van der Waals surface area (Å²) in [6, 6.07) is 9.00. The minimum Gasteiger partial charge on any atom is -0.334 e. The minimum absolute atomic E-state index is 0.0114. The summed E-state index contributed by atoms with van der Waals surface area (Å²) >= 11 is 4.92. The van der Waals surface area contributed by atoms with Crippen molar-refractivity contribution in [1.29, 1.82) is 0 Å². The lowest BCUT2D eigenvalue weighted by Crippen LogP contribution is -2.33. The van der Waals surface area contributed by atoms with Crippen LogP contribution in [0, 0.1) is 0 Å². The van der Waals surface area contributed by atoms with Gasteiger partial charge in [-0.3, -0.25) is 19.3 Å². The maximum Gasteiger partial charge on any atom is 0.261 e. The summed E-state index contributed by atoms with van der Waals surface area (Å²) in [5.41, 5.74) is 0.826. The quantitative estimate of drug-likeness (QED) is 0.452. The minimum atomic E-state index is -0.301. The highest BCUT2D eigenvalue weighted by Gasteiger charge is 2.35. The van der Waals surface area contributed by atoms with Crippen molar-refractivity contribution in [2.75, 3.05) is 13.1 Å². The van der Waals surface area contributed by atoms with Crippen molar-refractivity contribution >= 4 is 45.0 Å². The standard InChI is InChI=1S/C20H19BrN2O3S/c1-2-9-22(13-15-5-4-11-27-15)18(24)6-3-10-23-19(25)16-8-7-14(21)12-17(16)20(23)26/h2,4-5,7-8,11-12H,1,3,6,9-10,13H2. The van der Waals surface area contributed by atoms with Gasteiger partial charge >= 0.3 is 0 Å². The van der Waals surface area contributed by atoms with Crippen LogP contribution in [-0.4, -0.2) is 40.6 Å². The molecule has 0 fully saturated rings. The monoisotopic (exact) mass is 446 g/mol. The van der Waals surface area contributed by atoms with Gasteiger partial charge < -0.3 is 4.90 Å². The molecule has 2 heterocycles. The first-order valence-electron chi connectivity index (χ1n) is 8.58. The third-order valence-electron chi connectivity index (χ3n) is 4.33. The van der Waals surface area contributed by atoms with E-state index in [2.05, 4.69) is 22.5 Å². The van der Waals surface area contributed by atoms with E-state index in [1.807, 2.05) is 17.5 Å². The van der Waals surface area contributed by atoms with E-state index in [-0.39, 0.29) is 30.7 Å². The van der Waals surface area contributed by atoms with Crippen molar-refractivity contribution in [3.05, 3.63) is 68.8 Å². The summed E-state index contributed by atoms with van der Waals surface area (Å²) in [5, 5.41) is 1.98. The van der Waals surface area contributed by atoms with Crippen LogP contribution in [0.4, 0.5) is 0 Å². The molecule has 5 nitrogen and oxygen atoms in total. The fourth-order valence-electron chi connectivity index (χ4n) is 3.01. The SMILES string of the molecule is C=CCN(Cc1cccs1)C(=O)CCCN1C(=O)c2ccc(Br)cc2C1=O. The molecule has 0 N–H and O–H groups in total. The molecule has 1 aliphatic rings. The lowest BCUT2D eigenvalue weighted by atomic mass is 10.1. The molecule has 0 aliphatic carbocycles. The zero-order valence-corrected chi connectivity index (χ0v) is 17.1. The molecule has 0 spiro atoms. The Balaban J connectivity index is 1.57. The van der Waals surface area contributed by atoms with Gasteiger partial charge in [0.05, 0.1) is 17.7 Å². The number of amides is 3. The van der Waals surface area contributed by atoms with Crippen LogP contribution in [0.2, 0.25) is 0 Å². The Labute approximate surface area is 170 Å². The van der Waals surface area contributed by atoms with E-state index in [1.165, 1.54) is 4.90 Å². The molecule has 27 heavy (non-hydrogen) atoms. The number of fused-ring (bicyclic) bond motifs is 1. The van der Waals surface area contributed by atoms with Gasteiger partial charge in [-0.2, -0.15) is 0 Å². The zero-order valence-electron chi connectivity index (χ0n) is 14.7. The summed E-state index contributed by atoms with van der Waals surface area (Å²) in [6.45, 7) is 4.96. The molecular weight excluding hydrogens is 428 g/mol. The lowest BCUT2D eigenvalue weighted by molar-refractivity contribution is -0.131. The van der Waals surface area contributed by atoms with Crippen LogP contribution in [0.25, 0.3) is 0 Å². The van der Waals surface area contributed by atoms with Crippen molar-refractivity contribution in [3.63, 3.8) is 0 Å². The third-order valence-corrected chi connectivity index (χ3v) is 5.69. The van der Waals surface area contributed by atoms with Crippen molar-refractivity contribution in [2.45, 2.75) is 19.4 Å². The molecule has 0 atom stereocenters. The second-order valence-corrected chi connectivity index (χ2v) is 8.15. The van der Waals surface area contributed by atoms with Crippen molar-refractivity contribution < 1.29 is 14.4 Å². The molecule has 3 amide bonds. The van der Waals surface area contributed by atoms with Crippen LogP contribution < -0.4 is 0 Å². The van der Waals surface area contributed by atoms with E-state index < -0.39 is 0 Å². The van der Waals surface area contributed by atoms with Gasteiger partial charge in [-0.05, 0) is 36.1 Å². The first-order valence-corrected chi connectivity index (χ1v) is 10.3. The average molecular weight is 447 g/mol. The highest BCUT2D eigenvalue weighted by molar-refractivity contribution is 9.10. The molecule has 1 aromatic carbocycles. The largest absolute Gasteiger partial charge is 0.334 e. The van der Waals surface area contributed by atoms with E-state index in [1.54, 1.807) is 40.5 Å². The molecule has 0 saturated heterocycles. The lowest BCUT2D eigenvalue weighted by Gasteiger charge is -2.21. The smallest absolute Gasteiger partial charge is 0.261 e. The van der Waals surface area contributed by atoms with Gasteiger partial charge in [0.1, 0.15) is 0 Å². The van der Waals surface area contributed by atoms with E-state index in [0.29, 0.717) is 30.6 Å². The molecule has 1 aliphatic heterocycles. The van der Waals surface area contributed by atoms with Crippen LogP contribution in [-0.2, 0) is 11.3 Å². The molecule has 1 aromatic heterocycles. The maximum absolute atomic E-state index is 12.5. The average Bonchev–Trinajstić information content (AvgIpc) is 3.23. The Bertz CT molecular complexity index is 879. The zero-order chi connectivity index (χ0) is 19.4. The summed E-state index contributed by atoms with van der Waals surface area (Å²) in [7, 11) is 0. The molecule has 0 bridgehead atoms. The van der Waals surface area contributed by atoms with Crippen LogP contribution in [0.1, 0.15) is 38.4 Å². The van der Waals surface area contributed by atoms with Crippen molar-refractivity contribution in [1.82, 2.24) is 9.80 Å². The van der Waals surface area contributed by atoms with Crippen molar-refractivity contribution in [3.8, 4) is 0 Å². The number of thiophene rings is 1. The summed E-state index contributed by atoms with van der Waals surface area (Å²) in [4.78, 5) is 41.5. The topological polar surface area (TPSA) is 57.7 Å². The van der Waals surface area contributed by atoms with Crippen LogP contribution in [0.15, 0.2) is 52.8 Å². The van der Waals surface area contributed by atoms with Crippen molar-refractivity contribution in [2.24, 2.45) is 0 Å². The number of hydrogen-bond acceptors (Lipinski definition) is 4. The first kappa shape index (κ1) is 19.5. The van der Waals surface area contributed by atoms with E-state index in [0.717, 1.165) is 9.35 Å². The predicted molar refractivity (Wildman–Crippen MR) is 109 cm³/mol. The van der Waals surface area contributed by atoms with Gasteiger partial charge in [0.2, 0.25) is 5.91 Å². The molecule has 140 valence electrons. The summed E-state index contributed by atoms with van der Waals surface area (Å²) in [6.07, 6.45) is 2.41. The molecule has 0 unspecified atom stereocenters. The predicted octanol–water partition coefficient (Wildman–Crippen LogP) is 4.10. The molecule has 0 saturated carbocycles. The molecule has 0 radical (unpaired) electrons. The van der Waals surface area contributed by atoms with Gasteiger partial charge in [-0.25, -0.2) is 0 Å². The number of benzene rings is 1. The van der Waals surface area contributed by atoms with Gasteiger partial charge in [0, 0.05) is 28.9 Å².